The van der Waals surface area contributed by atoms with Crippen molar-refractivity contribution in [3.8, 4) is 0 Å². The van der Waals surface area contributed by atoms with Crippen LogP contribution >= 0.6 is 7.82 Å². The van der Waals surface area contributed by atoms with E-state index in [4.69, 9.17) is 18.5 Å². The number of rotatable bonds is 26. The van der Waals surface area contributed by atoms with Crippen molar-refractivity contribution in [1.29, 1.82) is 0 Å². The van der Waals surface area contributed by atoms with Gasteiger partial charge in [-0.3, -0.25) is 9.36 Å². The Morgan fingerprint density at radius 2 is 1.34 bits per heavy atom. The Kier molecular flexibility index (Phi) is 24.7. The van der Waals surface area contributed by atoms with Crippen LogP contribution in [0.4, 0.5) is 0 Å². The van der Waals surface area contributed by atoms with Gasteiger partial charge in [-0.05, 0) is 57.8 Å². The number of carbonyl (C=O) groups is 1. The second kappa shape index (κ2) is 25.9. The molecule has 0 aromatic carbocycles. The molecule has 0 aliphatic rings. The molecule has 0 rings (SSSR count). The first-order chi connectivity index (χ1) is 19.6. The summed E-state index contributed by atoms with van der Waals surface area (Å²) >= 11 is 0. The highest BCUT2D eigenvalue weighted by atomic mass is 31.2. The van der Waals surface area contributed by atoms with Crippen molar-refractivity contribution in [2.24, 2.45) is 0 Å². The van der Waals surface area contributed by atoms with Crippen LogP contribution in [0.25, 0.3) is 0 Å². The molecule has 236 valence electrons. The predicted octanol–water partition coefficient (Wildman–Crippen LogP) is 6.84. The zero-order valence-corrected chi connectivity index (χ0v) is 27.1. The minimum Gasteiger partial charge on any atom is -0.756 e. The monoisotopic (exact) mass is 597 g/mol. The van der Waals surface area contributed by atoms with Crippen LogP contribution in [0.2, 0.25) is 0 Å². The van der Waals surface area contributed by atoms with Crippen molar-refractivity contribution >= 4 is 13.8 Å². The van der Waals surface area contributed by atoms with Crippen molar-refractivity contribution < 1.29 is 37.3 Å². The molecule has 8 nitrogen and oxygen atoms in total. The van der Waals surface area contributed by atoms with Crippen LogP contribution in [-0.4, -0.2) is 70.7 Å². The normalized spacial score (nSPS) is 15.2. The number of unbranched alkanes of at least 4 members (excludes halogenated alkanes) is 2. The molecule has 0 aromatic heterocycles. The summed E-state index contributed by atoms with van der Waals surface area (Å²) in [6.07, 6.45) is 29.6. The molecule has 0 radical (unpaired) electrons. The minimum atomic E-state index is -4.50. The Hall–Kier alpha value is -1.80. The second-order valence-corrected chi connectivity index (χ2v) is 12.1. The van der Waals surface area contributed by atoms with E-state index >= 15 is 0 Å². The molecule has 0 aliphatic heterocycles. The van der Waals surface area contributed by atoms with E-state index in [1.807, 2.05) is 28.1 Å². The third kappa shape index (κ3) is 29.5. The number of hydrogen-bond donors (Lipinski definition) is 0. The van der Waals surface area contributed by atoms with E-state index in [0.29, 0.717) is 24.1 Å². The number of likely N-dealkylation sites (N-methyl/N-ethyl adjacent to an activating group) is 1. The average molecular weight is 598 g/mol. The SMILES string of the molecule is CC/C=C\C/C=C\C/C=C\C/C=C\C/C=C\CCCCOCC(COP(=O)([O-])OCC[N+](C)(C)C)OC(=O)CCC. The summed E-state index contributed by atoms with van der Waals surface area (Å²) in [5, 5.41) is 0. The Morgan fingerprint density at radius 1 is 0.780 bits per heavy atom. The molecule has 9 heteroatoms. The number of carbonyl (C=O) groups excluding carboxylic acids is 1. The molecule has 0 amide bonds. The van der Waals surface area contributed by atoms with Gasteiger partial charge in [0.1, 0.15) is 19.3 Å². The molecular weight excluding hydrogens is 541 g/mol. The summed E-state index contributed by atoms with van der Waals surface area (Å²) in [6, 6.07) is 0. The lowest BCUT2D eigenvalue weighted by Crippen LogP contribution is -2.37. The van der Waals surface area contributed by atoms with Crippen LogP contribution in [0.3, 0.4) is 0 Å². The largest absolute Gasteiger partial charge is 0.756 e. The number of quaternary nitrogens is 1. The standard InChI is InChI=1S/C32H56NO7P/c1-6-8-9-10-11-12-13-14-15-16-17-18-19-20-21-22-23-24-27-37-29-31(40-32(34)25-7-2)30-39-41(35,36)38-28-26-33(3,4)5/h8-9,11-12,14-15,17-18,20-21,31H,6-7,10,13,16,19,22-30H2,1-5H3/b9-8-,12-11-,15-14-,18-17-,21-20-. The number of nitrogens with zero attached hydrogens (tertiary/aromatic N) is 1. The van der Waals surface area contributed by atoms with Gasteiger partial charge in [-0.2, -0.15) is 0 Å². The lowest BCUT2D eigenvalue weighted by atomic mass is 10.2. The number of hydrogen-bond acceptors (Lipinski definition) is 7. The van der Waals surface area contributed by atoms with Gasteiger partial charge in [0.15, 0.2) is 0 Å². The van der Waals surface area contributed by atoms with E-state index < -0.39 is 19.9 Å². The fraction of sp³-hybridized carbons (Fsp3) is 0.656. The molecule has 2 unspecified atom stereocenters. The summed E-state index contributed by atoms with van der Waals surface area (Å²) in [5.74, 6) is -0.408. The number of allylic oxidation sites excluding steroid dienone is 10. The summed E-state index contributed by atoms with van der Waals surface area (Å²) in [7, 11) is 1.30. The van der Waals surface area contributed by atoms with E-state index in [1.54, 1.807) is 0 Å². The lowest BCUT2D eigenvalue weighted by Gasteiger charge is -2.28. The second-order valence-electron chi connectivity index (χ2n) is 10.7. The minimum absolute atomic E-state index is 0.0129. The maximum Gasteiger partial charge on any atom is 0.306 e. The Bertz CT molecular complexity index is 843. The Balaban J connectivity index is 4.11. The first-order valence-electron chi connectivity index (χ1n) is 15.0. The average Bonchev–Trinajstić information content (AvgIpc) is 2.89. The summed E-state index contributed by atoms with van der Waals surface area (Å²) in [6.45, 7) is 4.75. The zero-order valence-electron chi connectivity index (χ0n) is 26.2. The van der Waals surface area contributed by atoms with Gasteiger partial charge in [-0.1, -0.05) is 74.6 Å². The van der Waals surface area contributed by atoms with Crippen molar-refractivity contribution in [2.75, 3.05) is 54.1 Å². The maximum atomic E-state index is 12.1. The van der Waals surface area contributed by atoms with Gasteiger partial charge < -0.3 is 27.9 Å². The van der Waals surface area contributed by atoms with Crippen LogP contribution in [-0.2, 0) is 27.9 Å². The number of phosphoric ester groups is 1. The van der Waals surface area contributed by atoms with E-state index in [-0.39, 0.29) is 26.2 Å². The highest BCUT2D eigenvalue weighted by molar-refractivity contribution is 7.45. The van der Waals surface area contributed by atoms with E-state index in [9.17, 15) is 14.3 Å². The molecule has 0 aromatic rings. The summed E-state index contributed by atoms with van der Waals surface area (Å²) in [4.78, 5) is 24.0. The molecule has 41 heavy (non-hydrogen) atoms. The molecule has 0 N–H and O–H groups in total. The fourth-order valence-corrected chi connectivity index (χ4v) is 3.98. The zero-order chi connectivity index (χ0) is 30.7. The third-order valence-corrected chi connectivity index (χ3v) is 6.52. The summed E-state index contributed by atoms with van der Waals surface area (Å²) in [5.41, 5.74) is 0. The lowest BCUT2D eigenvalue weighted by molar-refractivity contribution is -0.870. The molecule has 0 spiro atoms. The highest BCUT2D eigenvalue weighted by Crippen LogP contribution is 2.38. The molecule has 0 aliphatic carbocycles. The van der Waals surface area contributed by atoms with Crippen molar-refractivity contribution in [2.45, 2.75) is 84.2 Å². The topological polar surface area (TPSA) is 94.1 Å². The van der Waals surface area contributed by atoms with Crippen LogP contribution in [0.5, 0.6) is 0 Å². The fourth-order valence-electron chi connectivity index (χ4n) is 3.25. The smallest absolute Gasteiger partial charge is 0.306 e. The van der Waals surface area contributed by atoms with Gasteiger partial charge in [0.05, 0.1) is 34.4 Å². The molecule has 0 heterocycles. The van der Waals surface area contributed by atoms with Crippen molar-refractivity contribution in [3.63, 3.8) is 0 Å². The number of ether oxygens (including phenoxy) is 2. The van der Waals surface area contributed by atoms with Crippen LogP contribution in [0.1, 0.15) is 78.1 Å². The molecule has 2 atom stereocenters. The predicted molar refractivity (Wildman–Crippen MR) is 166 cm³/mol. The van der Waals surface area contributed by atoms with Gasteiger partial charge in [-0.15, -0.1) is 0 Å². The Labute approximate surface area is 250 Å². The quantitative estimate of drug-likeness (QED) is 0.0354. The van der Waals surface area contributed by atoms with Gasteiger partial charge in [0.2, 0.25) is 0 Å². The first kappa shape index (κ1) is 39.2. The van der Waals surface area contributed by atoms with E-state index in [1.165, 1.54) is 0 Å². The first-order valence-corrected chi connectivity index (χ1v) is 16.5. The van der Waals surface area contributed by atoms with E-state index in [0.717, 1.165) is 51.4 Å². The van der Waals surface area contributed by atoms with Gasteiger partial charge in [0, 0.05) is 13.0 Å². The van der Waals surface area contributed by atoms with Crippen molar-refractivity contribution in [1.82, 2.24) is 0 Å². The molecule has 0 saturated heterocycles. The maximum absolute atomic E-state index is 12.1. The molecule has 0 saturated carbocycles. The van der Waals surface area contributed by atoms with Crippen LogP contribution < -0.4 is 4.89 Å². The van der Waals surface area contributed by atoms with E-state index in [2.05, 4.69) is 67.7 Å². The van der Waals surface area contributed by atoms with Crippen molar-refractivity contribution in [3.05, 3.63) is 60.8 Å². The third-order valence-electron chi connectivity index (χ3n) is 5.55. The number of phosphoric acid groups is 1. The molecule has 0 fully saturated rings. The van der Waals surface area contributed by atoms with Gasteiger partial charge >= 0.3 is 5.97 Å². The number of esters is 1. The van der Waals surface area contributed by atoms with Gasteiger partial charge in [0.25, 0.3) is 7.82 Å². The highest BCUT2D eigenvalue weighted by Gasteiger charge is 2.20. The Morgan fingerprint density at radius 3 is 1.88 bits per heavy atom. The van der Waals surface area contributed by atoms with Crippen LogP contribution in [0, 0.1) is 0 Å². The van der Waals surface area contributed by atoms with Gasteiger partial charge in [-0.25, -0.2) is 0 Å². The van der Waals surface area contributed by atoms with Crippen LogP contribution in [0.15, 0.2) is 60.8 Å². The summed E-state index contributed by atoms with van der Waals surface area (Å²) < 4.78 is 33.5. The molecular formula is C32H56NO7P. The molecule has 0 bridgehead atoms.